The zero-order chi connectivity index (χ0) is 17.1. The van der Waals surface area contributed by atoms with Crippen LogP contribution in [0.2, 0.25) is 5.02 Å². The molecule has 3 nitrogen and oxygen atoms in total. The lowest BCUT2D eigenvalue weighted by atomic mass is 10.0. The van der Waals surface area contributed by atoms with Gasteiger partial charge in [-0.15, -0.1) is 0 Å². The van der Waals surface area contributed by atoms with Crippen LogP contribution < -0.4 is 4.74 Å². The van der Waals surface area contributed by atoms with E-state index in [1.807, 2.05) is 55.6 Å². The Kier molecular flexibility index (Phi) is 4.93. The van der Waals surface area contributed by atoms with Crippen molar-refractivity contribution < 1.29 is 9.84 Å². The monoisotopic (exact) mass is 341 g/mol. The molecule has 0 aliphatic heterocycles. The molecule has 0 bridgehead atoms. The zero-order valence-corrected chi connectivity index (χ0v) is 14.5. The molecule has 0 aromatic heterocycles. The average Bonchev–Trinajstić information content (AvgIpc) is 2.59. The summed E-state index contributed by atoms with van der Waals surface area (Å²) in [6, 6.07) is 17.4. The van der Waals surface area contributed by atoms with E-state index in [0.717, 1.165) is 32.7 Å². The van der Waals surface area contributed by atoms with Crippen molar-refractivity contribution in [2.75, 3.05) is 14.2 Å². The number of phenols is 1. The molecule has 0 unspecified atom stereocenters. The van der Waals surface area contributed by atoms with Gasteiger partial charge < -0.3 is 9.84 Å². The van der Waals surface area contributed by atoms with Crippen molar-refractivity contribution in [3.05, 3.63) is 70.7 Å². The summed E-state index contributed by atoms with van der Waals surface area (Å²) in [6.07, 6.45) is 0. The third-order valence-electron chi connectivity index (χ3n) is 4.14. The van der Waals surface area contributed by atoms with Crippen LogP contribution >= 0.6 is 11.6 Å². The van der Waals surface area contributed by atoms with E-state index >= 15 is 0 Å². The highest BCUT2D eigenvalue weighted by molar-refractivity contribution is 6.31. The highest BCUT2D eigenvalue weighted by Crippen LogP contribution is 2.31. The van der Waals surface area contributed by atoms with Gasteiger partial charge in [-0.3, -0.25) is 4.90 Å². The Morgan fingerprint density at radius 2 is 1.79 bits per heavy atom. The summed E-state index contributed by atoms with van der Waals surface area (Å²) in [4.78, 5) is 2.13. The third kappa shape index (κ3) is 3.48. The average molecular weight is 342 g/mol. The Hall–Kier alpha value is -2.23. The molecule has 124 valence electrons. The summed E-state index contributed by atoms with van der Waals surface area (Å²) >= 11 is 6.24. The number of aromatic hydroxyl groups is 1. The minimum absolute atomic E-state index is 0.293. The number of fused-ring (bicyclic) bond motifs is 1. The lowest BCUT2D eigenvalue weighted by molar-refractivity contribution is 0.314. The van der Waals surface area contributed by atoms with Gasteiger partial charge in [0, 0.05) is 23.7 Å². The number of halogens is 1. The highest BCUT2D eigenvalue weighted by Gasteiger charge is 2.12. The Morgan fingerprint density at radius 3 is 2.54 bits per heavy atom. The van der Waals surface area contributed by atoms with Crippen molar-refractivity contribution in [3.8, 4) is 11.5 Å². The summed E-state index contributed by atoms with van der Waals surface area (Å²) in [5.41, 5.74) is 1.96. The second-order valence-electron chi connectivity index (χ2n) is 5.91. The number of phenolic OH excluding ortho intramolecular Hbond substituents is 1. The minimum Gasteiger partial charge on any atom is -0.508 e. The van der Waals surface area contributed by atoms with Gasteiger partial charge in [0.1, 0.15) is 11.5 Å². The molecule has 0 amide bonds. The molecule has 3 aromatic rings. The van der Waals surface area contributed by atoms with Gasteiger partial charge >= 0.3 is 0 Å². The zero-order valence-electron chi connectivity index (χ0n) is 13.8. The first-order valence-corrected chi connectivity index (χ1v) is 8.17. The molecule has 0 atom stereocenters. The molecule has 4 heteroatoms. The van der Waals surface area contributed by atoms with Gasteiger partial charge in [-0.05, 0) is 47.6 Å². The molecular formula is C20H20ClNO2. The molecule has 3 aromatic carbocycles. The summed E-state index contributed by atoms with van der Waals surface area (Å²) in [6.45, 7) is 1.32. The van der Waals surface area contributed by atoms with E-state index in [4.69, 9.17) is 16.3 Å². The van der Waals surface area contributed by atoms with Crippen molar-refractivity contribution in [2.24, 2.45) is 0 Å². The van der Waals surface area contributed by atoms with Gasteiger partial charge in [0.15, 0.2) is 0 Å². The molecule has 0 aliphatic rings. The molecule has 0 spiro atoms. The fourth-order valence-corrected chi connectivity index (χ4v) is 3.08. The van der Waals surface area contributed by atoms with Crippen LogP contribution in [0.3, 0.4) is 0 Å². The Morgan fingerprint density at radius 1 is 1.04 bits per heavy atom. The number of nitrogens with zero attached hydrogens (tertiary/aromatic N) is 1. The second kappa shape index (κ2) is 7.12. The quantitative estimate of drug-likeness (QED) is 0.720. The standard InChI is InChI=1S/C20H20ClNO2/c1-22(12-15-5-3-4-6-19(15)21)13-18-17-11-16(24-2)9-7-14(17)8-10-20(18)23/h3-11,23H,12-13H2,1-2H3. The first-order valence-electron chi connectivity index (χ1n) is 7.79. The number of ether oxygens (including phenoxy) is 1. The van der Waals surface area contributed by atoms with Crippen LogP contribution in [0.1, 0.15) is 11.1 Å². The summed E-state index contributed by atoms with van der Waals surface area (Å²) in [5.74, 6) is 1.07. The fourth-order valence-electron chi connectivity index (χ4n) is 2.89. The van der Waals surface area contributed by atoms with Crippen LogP contribution in [0, 0.1) is 0 Å². The topological polar surface area (TPSA) is 32.7 Å². The minimum atomic E-state index is 0.293. The maximum absolute atomic E-state index is 10.3. The van der Waals surface area contributed by atoms with E-state index in [0.29, 0.717) is 18.8 Å². The SMILES string of the molecule is COc1ccc2ccc(O)c(CN(C)Cc3ccccc3Cl)c2c1. The van der Waals surface area contributed by atoms with E-state index < -0.39 is 0 Å². The van der Waals surface area contributed by atoms with E-state index in [9.17, 15) is 5.11 Å². The molecule has 0 radical (unpaired) electrons. The predicted octanol–water partition coefficient (Wildman–Crippen LogP) is 4.84. The first kappa shape index (κ1) is 16.6. The van der Waals surface area contributed by atoms with Crippen LogP contribution in [0.4, 0.5) is 0 Å². The van der Waals surface area contributed by atoms with E-state index in [1.54, 1.807) is 13.2 Å². The van der Waals surface area contributed by atoms with Crippen molar-refractivity contribution in [3.63, 3.8) is 0 Å². The van der Waals surface area contributed by atoms with Gasteiger partial charge in [0.2, 0.25) is 0 Å². The molecule has 0 fully saturated rings. The van der Waals surface area contributed by atoms with E-state index in [2.05, 4.69) is 4.90 Å². The van der Waals surface area contributed by atoms with Crippen LogP contribution in [-0.2, 0) is 13.1 Å². The Balaban J connectivity index is 1.91. The van der Waals surface area contributed by atoms with Crippen molar-refractivity contribution >= 4 is 22.4 Å². The normalized spacial score (nSPS) is 11.2. The van der Waals surface area contributed by atoms with Crippen molar-refractivity contribution in [1.82, 2.24) is 4.90 Å². The second-order valence-corrected chi connectivity index (χ2v) is 6.32. The summed E-state index contributed by atoms with van der Waals surface area (Å²) in [5, 5.41) is 13.2. The third-order valence-corrected chi connectivity index (χ3v) is 4.51. The van der Waals surface area contributed by atoms with Gasteiger partial charge in [0.05, 0.1) is 7.11 Å². The Bertz CT molecular complexity index is 863. The highest BCUT2D eigenvalue weighted by atomic mass is 35.5. The molecule has 0 aliphatic carbocycles. The molecule has 0 heterocycles. The van der Waals surface area contributed by atoms with Crippen LogP contribution in [0.15, 0.2) is 54.6 Å². The summed E-state index contributed by atoms with van der Waals surface area (Å²) in [7, 11) is 3.66. The van der Waals surface area contributed by atoms with Gasteiger partial charge in [-0.1, -0.05) is 41.9 Å². The number of rotatable bonds is 5. The van der Waals surface area contributed by atoms with Crippen LogP contribution in [0.5, 0.6) is 11.5 Å². The molecular weight excluding hydrogens is 322 g/mol. The van der Waals surface area contributed by atoms with Crippen molar-refractivity contribution in [2.45, 2.75) is 13.1 Å². The van der Waals surface area contributed by atoms with Crippen LogP contribution in [0.25, 0.3) is 10.8 Å². The molecule has 0 saturated heterocycles. The van der Waals surface area contributed by atoms with E-state index in [1.165, 1.54) is 0 Å². The lowest BCUT2D eigenvalue weighted by Crippen LogP contribution is -2.17. The van der Waals surface area contributed by atoms with Gasteiger partial charge in [-0.2, -0.15) is 0 Å². The number of benzene rings is 3. The number of hydrogen-bond acceptors (Lipinski definition) is 3. The number of hydrogen-bond donors (Lipinski definition) is 1. The number of methoxy groups -OCH3 is 1. The molecule has 3 rings (SSSR count). The molecule has 24 heavy (non-hydrogen) atoms. The van der Waals surface area contributed by atoms with Crippen LogP contribution in [-0.4, -0.2) is 24.2 Å². The van der Waals surface area contributed by atoms with Gasteiger partial charge in [0.25, 0.3) is 0 Å². The predicted molar refractivity (Wildman–Crippen MR) is 98.8 cm³/mol. The summed E-state index contributed by atoms with van der Waals surface area (Å²) < 4.78 is 5.32. The maximum atomic E-state index is 10.3. The van der Waals surface area contributed by atoms with Gasteiger partial charge in [-0.25, -0.2) is 0 Å². The smallest absolute Gasteiger partial charge is 0.120 e. The maximum Gasteiger partial charge on any atom is 0.120 e. The first-order chi connectivity index (χ1) is 11.6. The Labute approximate surface area is 147 Å². The lowest BCUT2D eigenvalue weighted by Gasteiger charge is -2.20. The molecule has 1 N–H and O–H groups in total. The van der Waals surface area contributed by atoms with Crippen molar-refractivity contribution in [1.29, 1.82) is 0 Å². The molecule has 0 saturated carbocycles. The largest absolute Gasteiger partial charge is 0.508 e. The van der Waals surface area contributed by atoms with E-state index in [-0.39, 0.29) is 0 Å². The fraction of sp³-hybridized carbons (Fsp3) is 0.200.